The fraction of sp³-hybridized carbons (Fsp3) is 0.190. The van der Waals surface area contributed by atoms with Crippen molar-refractivity contribution in [3.63, 3.8) is 0 Å². The van der Waals surface area contributed by atoms with Crippen LogP contribution in [0.4, 0.5) is 0 Å². The summed E-state index contributed by atoms with van der Waals surface area (Å²) in [5.41, 5.74) is 2.34. The summed E-state index contributed by atoms with van der Waals surface area (Å²) in [5, 5.41) is 6.70. The predicted octanol–water partition coefficient (Wildman–Crippen LogP) is 2.99. The molecule has 3 heterocycles. The maximum atomic E-state index is 12.4. The molecule has 0 atom stereocenters. The Hall–Kier alpha value is -3.81. The Morgan fingerprint density at radius 3 is 2.83 bits per heavy atom. The van der Waals surface area contributed by atoms with Crippen LogP contribution in [0.5, 0.6) is 0 Å². The molecule has 0 aliphatic rings. The lowest BCUT2D eigenvalue weighted by molar-refractivity contribution is 0.0948. The molecule has 1 aromatic carbocycles. The molecule has 0 saturated heterocycles. The van der Waals surface area contributed by atoms with Crippen LogP contribution in [0.2, 0.25) is 0 Å². The Labute approximate surface area is 167 Å². The highest BCUT2D eigenvalue weighted by atomic mass is 16.5. The van der Waals surface area contributed by atoms with E-state index in [1.165, 1.54) is 5.56 Å². The zero-order chi connectivity index (χ0) is 20.1. The summed E-state index contributed by atoms with van der Waals surface area (Å²) in [5.74, 6) is 1.38. The number of nitrogens with one attached hydrogen (secondary N) is 1. The van der Waals surface area contributed by atoms with Crippen LogP contribution in [0, 0.1) is 6.92 Å². The SMILES string of the molecule is Cc1noc(-c2ccnc(-n3cnc(C(=O)NCCCc4ccccc4)c3)c2)n1. The van der Waals surface area contributed by atoms with E-state index in [-0.39, 0.29) is 5.91 Å². The molecule has 0 spiro atoms. The van der Waals surface area contributed by atoms with E-state index in [2.05, 4.69) is 37.6 Å². The van der Waals surface area contributed by atoms with Gasteiger partial charge in [0, 0.05) is 24.5 Å². The molecule has 0 radical (unpaired) electrons. The molecule has 1 N–H and O–H groups in total. The minimum absolute atomic E-state index is 0.208. The van der Waals surface area contributed by atoms with Crippen LogP contribution in [0.1, 0.15) is 28.3 Å². The summed E-state index contributed by atoms with van der Waals surface area (Å²) in [6.45, 7) is 2.35. The maximum Gasteiger partial charge on any atom is 0.271 e. The van der Waals surface area contributed by atoms with Crippen molar-refractivity contribution in [3.05, 3.63) is 78.3 Å². The number of hydrogen-bond acceptors (Lipinski definition) is 6. The summed E-state index contributed by atoms with van der Waals surface area (Å²) < 4.78 is 6.88. The quantitative estimate of drug-likeness (QED) is 0.489. The lowest BCUT2D eigenvalue weighted by Crippen LogP contribution is -2.25. The first-order valence-electron chi connectivity index (χ1n) is 9.32. The highest BCUT2D eigenvalue weighted by molar-refractivity contribution is 5.92. The smallest absolute Gasteiger partial charge is 0.271 e. The zero-order valence-electron chi connectivity index (χ0n) is 15.9. The number of carbonyl (C=O) groups excluding carboxylic acids is 1. The van der Waals surface area contributed by atoms with Crippen molar-refractivity contribution in [2.75, 3.05) is 6.54 Å². The van der Waals surface area contributed by atoms with Crippen LogP contribution in [-0.4, -0.2) is 37.1 Å². The molecule has 0 unspecified atom stereocenters. The number of rotatable bonds is 7. The molecule has 0 aliphatic heterocycles. The fourth-order valence-corrected chi connectivity index (χ4v) is 2.90. The number of carbonyl (C=O) groups is 1. The summed E-state index contributed by atoms with van der Waals surface area (Å²) in [6.07, 6.45) is 6.64. The third-order valence-electron chi connectivity index (χ3n) is 4.37. The summed E-state index contributed by atoms with van der Waals surface area (Å²) in [6, 6.07) is 13.8. The number of hydrogen-bond donors (Lipinski definition) is 1. The third kappa shape index (κ3) is 4.55. The van der Waals surface area contributed by atoms with Gasteiger partial charge in [0.25, 0.3) is 11.8 Å². The third-order valence-corrected chi connectivity index (χ3v) is 4.37. The number of nitrogens with zero attached hydrogens (tertiary/aromatic N) is 5. The van der Waals surface area contributed by atoms with Gasteiger partial charge in [-0.05, 0) is 37.5 Å². The minimum Gasteiger partial charge on any atom is -0.351 e. The van der Waals surface area contributed by atoms with Gasteiger partial charge in [-0.15, -0.1) is 0 Å². The van der Waals surface area contributed by atoms with Crippen LogP contribution < -0.4 is 5.32 Å². The standard InChI is InChI=1S/C21H20N6O2/c1-15-25-21(29-26-15)17-9-11-22-19(12-17)27-13-18(24-14-27)20(28)23-10-5-8-16-6-3-2-4-7-16/h2-4,6-7,9,11-14H,5,8,10H2,1H3,(H,23,28). The summed E-state index contributed by atoms with van der Waals surface area (Å²) in [7, 11) is 0. The van der Waals surface area contributed by atoms with Gasteiger partial charge in [-0.2, -0.15) is 4.98 Å². The summed E-state index contributed by atoms with van der Waals surface area (Å²) >= 11 is 0. The first kappa shape index (κ1) is 18.5. The molecular weight excluding hydrogens is 368 g/mol. The van der Waals surface area contributed by atoms with Crippen LogP contribution in [0.15, 0.2) is 65.7 Å². The Balaban J connectivity index is 1.37. The average Bonchev–Trinajstić information content (AvgIpc) is 3.42. The van der Waals surface area contributed by atoms with Crippen LogP contribution in [0.3, 0.4) is 0 Å². The second kappa shape index (κ2) is 8.47. The van der Waals surface area contributed by atoms with Gasteiger partial charge in [0.05, 0.1) is 0 Å². The highest BCUT2D eigenvalue weighted by Crippen LogP contribution is 2.19. The highest BCUT2D eigenvalue weighted by Gasteiger charge is 2.12. The fourth-order valence-electron chi connectivity index (χ4n) is 2.90. The van der Waals surface area contributed by atoms with E-state index in [4.69, 9.17) is 4.52 Å². The number of aryl methyl sites for hydroxylation is 2. The second-order valence-electron chi connectivity index (χ2n) is 6.56. The van der Waals surface area contributed by atoms with E-state index in [1.54, 1.807) is 42.3 Å². The zero-order valence-corrected chi connectivity index (χ0v) is 15.9. The van der Waals surface area contributed by atoms with Crippen molar-refractivity contribution < 1.29 is 9.32 Å². The van der Waals surface area contributed by atoms with Crippen LogP contribution in [0.25, 0.3) is 17.3 Å². The first-order valence-corrected chi connectivity index (χ1v) is 9.32. The molecule has 3 aromatic heterocycles. The first-order chi connectivity index (χ1) is 14.2. The van der Waals surface area contributed by atoms with E-state index in [0.717, 1.165) is 18.4 Å². The van der Waals surface area contributed by atoms with E-state index in [0.29, 0.717) is 29.8 Å². The number of amides is 1. The Bertz CT molecular complexity index is 1100. The molecule has 8 nitrogen and oxygen atoms in total. The number of benzene rings is 1. The molecular formula is C21H20N6O2. The van der Waals surface area contributed by atoms with Gasteiger partial charge in [-0.25, -0.2) is 9.97 Å². The summed E-state index contributed by atoms with van der Waals surface area (Å²) in [4.78, 5) is 25.1. The molecule has 29 heavy (non-hydrogen) atoms. The largest absolute Gasteiger partial charge is 0.351 e. The van der Waals surface area contributed by atoms with Crippen LogP contribution in [-0.2, 0) is 6.42 Å². The Kier molecular flexibility index (Phi) is 5.42. The monoisotopic (exact) mass is 388 g/mol. The van der Waals surface area contributed by atoms with E-state index < -0.39 is 0 Å². The number of imidazole rings is 1. The van der Waals surface area contributed by atoms with E-state index in [9.17, 15) is 4.79 Å². The molecule has 0 fully saturated rings. The molecule has 0 bridgehead atoms. The Morgan fingerprint density at radius 1 is 1.17 bits per heavy atom. The normalized spacial score (nSPS) is 10.8. The Morgan fingerprint density at radius 2 is 2.03 bits per heavy atom. The van der Waals surface area contributed by atoms with Gasteiger partial charge in [0.1, 0.15) is 17.8 Å². The maximum absolute atomic E-state index is 12.4. The van der Waals surface area contributed by atoms with Gasteiger partial charge >= 0.3 is 0 Å². The van der Waals surface area contributed by atoms with Gasteiger partial charge in [-0.3, -0.25) is 9.36 Å². The van der Waals surface area contributed by atoms with Crippen molar-refractivity contribution in [3.8, 4) is 17.3 Å². The lowest BCUT2D eigenvalue weighted by Gasteiger charge is -2.04. The number of aromatic nitrogens is 5. The van der Waals surface area contributed by atoms with Crippen molar-refractivity contribution in [2.24, 2.45) is 0 Å². The van der Waals surface area contributed by atoms with Crippen molar-refractivity contribution in [2.45, 2.75) is 19.8 Å². The van der Waals surface area contributed by atoms with Gasteiger partial charge < -0.3 is 9.84 Å². The van der Waals surface area contributed by atoms with Crippen molar-refractivity contribution >= 4 is 5.91 Å². The van der Waals surface area contributed by atoms with E-state index >= 15 is 0 Å². The van der Waals surface area contributed by atoms with Crippen molar-refractivity contribution in [1.29, 1.82) is 0 Å². The molecule has 4 rings (SSSR count). The van der Waals surface area contributed by atoms with Gasteiger partial charge in [-0.1, -0.05) is 35.5 Å². The minimum atomic E-state index is -0.208. The van der Waals surface area contributed by atoms with E-state index in [1.807, 2.05) is 18.2 Å². The van der Waals surface area contributed by atoms with Crippen molar-refractivity contribution in [1.82, 2.24) is 30.0 Å². The van der Waals surface area contributed by atoms with Gasteiger partial charge in [0.2, 0.25) is 0 Å². The predicted molar refractivity (Wildman–Crippen MR) is 106 cm³/mol. The average molecular weight is 388 g/mol. The molecule has 146 valence electrons. The lowest BCUT2D eigenvalue weighted by atomic mass is 10.1. The topological polar surface area (TPSA) is 98.7 Å². The number of pyridine rings is 1. The second-order valence-corrected chi connectivity index (χ2v) is 6.56. The van der Waals surface area contributed by atoms with Crippen LogP contribution >= 0.6 is 0 Å². The molecule has 8 heteroatoms. The molecule has 4 aromatic rings. The molecule has 0 aliphatic carbocycles. The molecule has 0 saturated carbocycles. The van der Waals surface area contributed by atoms with Gasteiger partial charge in [0.15, 0.2) is 5.82 Å². The molecule has 1 amide bonds.